The molecule has 0 radical (unpaired) electrons. The first kappa shape index (κ1) is 24.1. The monoisotopic (exact) mass is 533 g/mol. The second-order valence-corrected chi connectivity index (χ2v) is 14.5. The van der Waals surface area contributed by atoms with Crippen LogP contribution in [0.5, 0.6) is 0 Å². The molecule has 170 valence electrons. The molecule has 0 amide bonds. The summed E-state index contributed by atoms with van der Waals surface area (Å²) in [7, 11) is 0. The Morgan fingerprint density at radius 3 is 2.42 bits per heavy atom. The average Bonchev–Trinajstić information content (AvgIpc) is 3.61. The minimum atomic E-state index is -0.955. The molecule has 1 heterocycles. The molecule has 1 atom stereocenters. The molecule has 0 aromatic heterocycles. The second kappa shape index (κ2) is 12.5. The molecular weight excluding hydrogens is 493 g/mol. The molecule has 0 spiro atoms. The molecule has 1 unspecified atom stereocenters. The van der Waals surface area contributed by atoms with Crippen molar-refractivity contribution in [2.75, 3.05) is 20.7 Å². The van der Waals surface area contributed by atoms with Crippen LogP contribution in [0.1, 0.15) is 70.4 Å². The van der Waals surface area contributed by atoms with Gasteiger partial charge in [-0.2, -0.15) is 0 Å². The Kier molecular flexibility index (Phi) is 9.69. The van der Waals surface area contributed by atoms with Crippen molar-refractivity contribution in [3.63, 3.8) is 0 Å². The van der Waals surface area contributed by atoms with Gasteiger partial charge in [0, 0.05) is 0 Å². The van der Waals surface area contributed by atoms with Gasteiger partial charge in [-0.15, -0.1) is 0 Å². The first-order valence-corrected chi connectivity index (χ1v) is 16.2. The van der Waals surface area contributed by atoms with Gasteiger partial charge in [0.25, 0.3) is 0 Å². The van der Waals surface area contributed by atoms with Crippen molar-refractivity contribution >= 4 is 37.0 Å². The number of rotatable bonds is 13. The molecule has 2 aromatic rings. The molecule has 1 fully saturated rings. The van der Waals surface area contributed by atoms with Crippen LogP contribution >= 0.6 is 19.8 Å². The first-order valence-electron chi connectivity index (χ1n) is 12.1. The van der Waals surface area contributed by atoms with Gasteiger partial charge in [-0.1, -0.05) is 13.3 Å². The maximum absolute atomic E-state index is 6.16. The Morgan fingerprint density at radius 1 is 1.00 bits per heavy atom. The van der Waals surface area contributed by atoms with E-state index in [0.717, 1.165) is 18.0 Å². The quantitative estimate of drug-likeness (QED) is 0.0928. The van der Waals surface area contributed by atoms with Crippen molar-refractivity contribution in [1.29, 1.82) is 0 Å². The van der Waals surface area contributed by atoms with Crippen molar-refractivity contribution in [3.8, 4) is 0 Å². The van der Waals surface area contributed by atoms with E-state index in [4.69, 9.17) is 5.73 Å². The van der Waals surface area contributed by atoms with Gasteiger partial charge in [-0.25, -0.2) is 0 Å². The molecule has 0 aliphatic carbocycles. The summed E-state index contributed by atoms with van der Waals surface area (Å²) in [6, 6.07) is 15.8. The zero-order chi connectivity index (χ0) is 22.1. The van der Waals surface area contributed by atoms with Crippen LogP contribution in [0.3, 0.4) is 0 Å². The molecule has 1 aliphatic rings. The third-order valence-electron chi connectivity index (χ3n) is 5.93. The van der Waals surface area contributed by atoms with Gasteiger partial charge in [0.05, 0.1) is 0 Å². The standard InChI is InChI=1S/C27H40IN3/c1-4-7-8-10-21(9-5-2)19-22-11-14-24(15-12-22)31-26-16-13-23(27(29)30-6-3)20-25(26)28-17-18-28/h11-16,20-21,31H,4-10,17-19H2,1-3H3,(H2,29,30). The Balaban J connectivity index is 1.67. The molecule has 1 saturated heterocycles. The molecule has 3 N–H and O–H groups in total. The van der Waals surface area contributed by atoms with Crippen LogP contribution in [0.2, 0.25) is 0 Å². The number of nitrogens with two attached hydrogens (primary N) is 1. The van der Waals surface area contributed by atoms with Crippen LogP contribution in [-0.2, 0) is 6.42 Å². The van der Waals surface area contributed by atoms with Crippen LogP contribution in [0, 0.1) is 9.49 Å². The number of amidine groups is 1. The molecule has 31 heavy (non-hydrogen) atoms. The summed E-state index contributed by atoms with van der Waals surface area (Å²) in [6.45, 7) is 7.36. The number of alkyl halides is 2. The number of aliphatic imine (C=N–C) groups is 1. The van der Waals surface area contributed by atoms with Crippen LogP contribution < -0.4 is 11.1 Å². The zero-order valence-corrected chi connectivity index (χ0v) is 21.7. The summed E-state index contributed by atoms with van der Waals surface area (Å²) in [5, 5.41) is 3.70. The third-order valence-corrected chi connectivity index (χ3v) is 10.6. The molecule has 4 heteroatoms. The third kappa shape index (κ3) is 7.51. The summed E-state index contributed by atoms with van der Waals surface area (Å²) in [5.41, 5.74) is 11.2. The normalized spacial score (nSPS) is 15.7. The molecule has 3 rings (SSSR count). The molecule has 2 aromatic carbocycles. The SMILES string of the molecule is CCCCCC(CCC)Cc1ccc(Nc2ccc(C(N)=NCC)cc2I2CC2)cc1. The van der Waals surface area contributed by atoms with Crippen LogP contribution in [0.4, 0.5) is 11.4 Å². The van der Waals surface area contributed by atoms with Gasteiger partial charge in [-0.3, -0.25) is 0 Å². The van der Waals surface area contributed by atoms with Crippen molar-refractivity contribution < 1.29 is 0 Å². The van der Waals surface area contributed by atoms with Crippen LogP contribution in [0.25, 0.3) is 0 Å². The fourth-order valence-electron chi connectivity index (χ4n) is 4.15. The van der Waals surface area contributed by atoms with Gasteiger partial charge in [0.15, 0.2) is 0 Å². The maximum atomic E-state index is 6.16. The van der Waals surface area contributed by atoms with Gasteiger partial charge in [-0.05, 0) is 0 Å². The number of anilines is 2. The van der Waals surface area contributed by atoms with E-state index in [1.165, 1.54) is 74.3 Å². The number of halogens is 1. The topological polar surface area (TPSA) is 50.4 Å². The Hall–Kier alpha value is -1.56. The van der Waals surface area contributed by atoms with Crippen molar-refractivity contribution in [2.24, 2.45) is 16.6 Å². The van der Waals surface area contributed by atoms with E-state index in [0.29, 0.717) is 5.84 Å². The first-order chi connectivity index (χ1) is 15.1. The van der Waals surface area contributed by atoms with E-state index >= 15 is 0 Å². The molecule has 0 saturated carbocycles. The molecular formula is C27H40IN3. The fraction of sp³-hybridized carbons (Fsp3) is 0.519. The van der Waals surface area contributed by atoms with Crippen molar-refractivity contribution in [1.82, 2.24) is 0 Å². The van der Waals surface area contributed by atoms with Crippen molar-refractivity contribution in [2.45, 2.75) is 65.7 Å². The number of benzene rings is 2. The summed E-state index contributed by atoms with van der Waals surface area (Å²) < 4.78 is 4.37. The Labute approximate surface area is 196 Å². The van der Waals surface area contributed by atoms with E-state index in [1.54, 1.807) is 0 Å². The fourth-order valence-corrected chi connectivity index (χ4v) is 8.80. The van der Waals surface area contributed by atoms with E-state index < -0.39 is 19.8 Å². The van der Waals surface area contributed by atoms with E-state index in [9.17, 15) is 0 Å². The summed E-state index contributed by atoms with van der Waals surface area (Å²) in [6.07, 6.45) is 9.26. The predicted molar refractivity (Wildman–Crippen MR) is 146 cm³/mol. The zero-order valence-electron chi connectivity index (χ0n) is 19.6. The van der Waals surface area contributed by atoms with Crippen LogP contribution in [-0.4, -0.2) is 21.2 Å². The average molecular weight is 534 g/mol. The van der Waals surface area contributed by atoms with Gasteiger partial charge in [0.1, 0.15) is 0 Å². The predicted octanol–water partition coefficient (Wildman–Crippen LogP) is 7.38. The second-order valence-electron chi connectivity index (χ2n) is 8.56. The van der Waals surface area contributed by atoms with Gasteiger partial charge < -0.3 is 0 Å². The number of nitrogens with zero attached hydrogens (tertiary/aromatic N) is 1. The minimum absolute atomic E-state index is 0.665. The molecule has 1 aliphatic heterocycles. The number of nitrogens with one attached hydrogen (secondary N) is 1. The van der Waals surface area contributed by atoms with Gasteiger partial charge >= 0.3 is 184 Å². The van der Waals surface area contributed by atoms with Crippen molar-refractivity contribution in [3.05, 3.63) is 57.2 Å². The van der Waals surface area contributed by atoms with Crippen LogP contribution in [0.15, 0.2) is 47.5 Å². The summed E-state index contributed by atoms with van der Waals surface area (Å²) in [4.78, 5) is 4.39. The Morgan fingerprint density at radius 2 is 1.77 bits per heavy atom. The number of hydrogen-bond donors (Lipinski definition) is 2. The number of hydrogen-bond acceptors (Lipinski definition) is 2. The molecule has 0 bridgehead atoms. The van der Waals surface area contributed by atoms with E-state index in [2.05, 4.69) is 66.6 Å². The Bertz CT molecular complexity index is 840. The summed E-state index contributed by atoms with van der Waals surface area (Å²) >= 11 is -0.955. The van der Waals surface area contributed by atoms with Gasteiger partial charge in [0.2, 0.25) is 0 Å². The van der Waals surface area contributed by atoms with E-state index in [1.807, 2.05) is 6.92 Å². The van der Waals surface area contributed by atoms with E-state index in [-0.39, 0.29) is 0 Å². The number of unbranched alkanes of at least 4 members (excludes halogenated alkanes) is 2. The molecule has 3 nitrogen and oxygen atoms in total. The summed E-state index contributed by atoms with van der Waals surface area (Å²) in [5.74, 6) is 1.49.